The summed E-state index contributed by atoms with van der Waals surface area (Å²) in [7, 11) is -4.27. The smallest absolute Gasteiger partial charge is 0.264 e. The zero-order valence-electron chi connectivity index (χ0n) is 22.8. The molecule has 1 N–H and O–H groups in total. The van der Waals surface area contributed by atoms with Crippen LogP contribution in [0.4, 0.5) is 5.69 Å². The third-order valence-electron chi connectivity index (χ3n) is 6.53. The van der Waals surface area contributed by atoms with Crippen molar-refractivity contribution < 1.29 is 18.0 Å². The predicted octanol–water partition coefficient (Wildman–Crippen LogP) is 7.22. The SMILES string of the molecule is CC[C@H](C(=O)N[C@@H](C)CC)N(Cc1ccc(Cl)cc1Cl)C(=O)CN(c1ccc(Cl)cc1Cl)S(=O)(=O)c1ccccc1. The molecule has 0 radical (unpaired) electrons. The Morgan fingerprint density at radius 3 is 2.02 bits per heavy atom. The van der Waals surface area contributed by atoms with Gasteiger partial charge in [-0.15, -0.1) is 0 Å². The highest BCUT2D eigenvalue weighted by atomic mass is 35.5. The average molecular weight is 659 g/mol. The van der Waals surface area contributed by atoms with E-state index >= 15 is 0 Å². The number of sulfonamides is 1. The minimum absolute atomic E-state index is 0.0346. The Hall–Kier alpha value is -2.49. The number of hydrogen-bond donors (Lipinski definition) is 1. The van der Waals surface area contributed by atoms with Crippen molar-refractivity contribution in [3.8, 4) is 0 Å². The summed E-state index contributed by atoms with van der Waals surface area (Å²) in [6, 6.07) is 15.8. The number of rotatable bonds is 12. The molecule has 0 heterocycles. The van der Waals surface area contributed by atoms with Gasteiger partial charge in [-0.25, -0.2) is 8.42 Å². The highest BCUT2D eigenvalue weighted by Crippen LogP contribution is 2.33. The van der Waals surface area contributed by atoms with Gasteiger partial charge in [-0.05, 0) is 67.8 Å². The Morgan fingerprint density at radius 2 is 1.46 bits per heavy atom. The number of amides is 2. The monoisotopic (exact) mass is 657 g/mol. The van der Waals surface area contributed by atoms with E-state index in [9.17, 15) is 18.0 Å². The molecule has 0 aliphatic rings. The Labute approximate surface area is 261 Å². The molecule has 12 heteroatoms. The second kappa shape index (κ2) is 14.6. The van der Waals surface area contributed by atoms with Crippen molar-refractivity contribution in [3.63, 3.8) is 0 Å². The molecular formula is C29H31Cl4N3O4S. The zero-order valence-corrected chi connectivity index (χ0v) is 26.6. The van der Waals surface area contributed by atoms with Crippen molar-refractivity contribution in [1.29, 1.82) is 0 Å². The lowest BCUT2D eigenvalue weighted by Gasteiger charge is -2.34. The van der Waals surface area contributed by atoms with Crippen LogP contribution in [0.15, 0.2) is 71.6 Å². The standard InChI is InChI=1S/C29H31Cl4N3O4S/c1-4-19(3)34-29(38)26(5-2)35(17-20-11-12-21(30)15-24(20)32)28(37)18-36(27-14-13-22(31)16-25(27)33)41(39,40)23-9-7-6-8-10-23/h6-16,19,26H,4-5,17-18H2,1-3H3,(H,34,38)/t19-,26+/m0/s1. The average Bonchev–Trinajstić information content (AvgIpc) is 2.93. The Morgan fingerprint density at radius 1 is 0.854 bits per heavy atom. The van der Waals surface area contributed by atoms with Crippen molar-refractivity contribution in [2.45, 2.75) is 57.1 Å². The first-order chi connectivity index (χ1) is 19.4. The van der Waals surface area contributed by atoms with E-state index in [0.29, 0.717) is 27.1 Å². The van der Waals surface area contributed by atoms with Crippen molar-refractivity contribution in [2.24, 2.45) is 0 Å². The van der Waals surface area contributed by atoms with Gasteiger partial charge in [0.1, 0.15) is 12.6 Å². The maximum atomic E-state index is 14.1. The largest absolute Gasteiger partial charge is 0.352 e. The van der Waals surface area contributed by atoms with E-state index in [1.807, 2.05) is 13.8 Å². The summed E-state index contributed by atoms with van der Waals surface area (Å²) < 4.78 is 28.7. The number of halogens is 4. The third kappa shape index (κ3) is 8.30. The summed E-state index contributed by atoms with van der Waals surface area (Å²) in [6.07, 6.45) is 0.962. The lowest BCUT2D eigenvalue weighted by atomic mass is 10.1. The molecule has 3 aromatic carbocycles. The zero-order chi connectivity index (χ0) is 30.3. The van der Waals surface area contributed by atoms with Crippen LogP contribution >= 0.6 is 46.4 Å². The third-order valence-corrected chi connectivity index (χ3v) is 9.43. The van der Waals surface area contributed by atoms with Crippen LogP contribution in [-0.4, -0.2) is 43.8 Å². The van der Waals surface area contributed by atoms with E-state index in [1.54, 1.807) is 43.3 Å². The molecule has 41 heavy (non-hydrogen) atoms. The Bertz CT molecular complexity index is 1490. The second-order valence-corrected chi connectivity index (χ2v) is 13.0. The van der Waals surface area contributed by atoms with E-state index in [1.165, 1.54) is 35.2 Å². The van der Waals surface area contributed by atoms with Crippen LogP contribution in [0, 0.1) is 0 Å². The second-order valence-electron chi connectivity index (χ2n) is 9.42. The van der Waals surface area contributed by atoms with Gasteiger partial charge in [-0.1, -0.05) is 84.5 Å². The molecule has 0 bridgehead atoms. The lowest BCUT2D eigenvalue weighted by Crippen LogP contribution is -2.53. The quantitative estimate of drug-likeness (QED) is 0.223. The topological polar surface area (TPSA) is 86.8 Å². The molecule has 0 fully saturated rings. The highest BCUT2D eigenvalue weighted by molar-refractivity contribution is 7.92. The van der Waals surface area contributed by atoms with Crippen molar-refractivity contribution >= 4 is 73.9 Å². The summed E-state index contributed by atoms with van der Waals surface area (Å²) >= 11 is 25.0. The van der Waals surface area contributed by atoms with Crippen LogP contribution < -0.4 is 9.62 Å². The number of nitrogens with one attached hydrogen (secondary N) is 1. The van der Waals surface area contributed by atoms with Crippen LogP contribution in [0.1, 0.15) is 39.2 Å². The van der Waals surface area contributed by atoms with Gasteiger partial charge in [0, 0.05) is 27.7 Å². The number of carbonyl (C=O) groups excluding carboxylic acids is 2. The molecule has 0 spiro atoms. The number of carbonyl (C=O) groups is 2. The first-order valence-electron chi connectivity index (χ1n) is 13.0. The van der Waals surface area contributed by atoms with Crippen molar-refractivity contribution in [2.75, 3.05) is 10.8 Å². The van der Waals surface area contributed by atoms with E-state index in [4.69, 9.17) is 46.4 Å². The van der Waals surface area contributed by atoms with Gasteiger partial charge >= 0.3 is 0 Å². The van der Waals surface area contributed by atoms with E-state index in [-0.39, 0.29) is 40.5 Å². The van der Waals surface area contributed by atoms with E-state index in [2.05, 4.69) is 5.32 Å². The molecule has 0 saturated carbocycles. The minimum Gasteiger partial charge on any atom is -0.352 e. The molecule has 0 aliphatic heterocycles. The maximum absolute atomic E-state index is 14.1. The predicted molar refractivity (Wildman–Crippen MR) is 166 cm³/mol. The van der Waals surface area contributed by atoms with Gasteiger partial charge in [0.2, 0.25) is 11.8 Å². The van der Waals surface area contributed by atoms with Gasteiger partial charge in [-0.3, -0.25) is 13.9 Å². The summed E-state index contributed by atoms with van der Waals surface area (Å²) in [5.41, 5.74) is 0.607. The van der Waals surface area contributed by atoms with Crippen LogP contribution in [0.25, 0.3) is 0 Å². The van der Waals surface area contributed by atoms with Gasteiger partial charge in [0.05, 0.1) is 15.6 Å². The first kappa shape index (κ1) is 33.0. The fourth-order valence-corrected chi connectivity index (χ4v) is 6.59. The Kier molecular flexibility index (Phi) is 11.8. The molecular weight excluding hydrogens is 628 g/mol. The summed E-state index contributed by atoms with van der Waals surface area (Å²) in [6.45, 7) is 4.87. The van der Waals surface area contributed by atoms with Crippen LogP contribution in [-0.2, 0) is 26.2 Å². The van der Waals surface area contributed by atoms with Gasteiger partial charge in [0.25, 0.3) is 10.0 Å². The fourth-order valence-electron chi connectivity index (χ4n) is 4.11. The number of anilines is 1. The lowest BCUT2D eigenvalue weighted by molar-refractivity contribution is -0.140. The molecule has 3 rings (SSSR count). The molecule has 0 aliphatic carbocycles. The molecule has 2 atom stereocenters. The summed E-state index contributed by atoms with van der Waals surface area (Å²) in [5.74, 6) is -0.991. The Balaban J connectivity index is 2.11. The molecule has 3 aromatic rings. The number of benzene rings is 3. The summed E-state index contributed by atoms with van der Waals surface area (Å²) in [5, 5.41) is 3.99. The highest BCUT2D eigenvalue weighted by Gasteiger charge is 2.35. The molecule has 0 saturated heterocycles. The molecule has 0 aromatic heterocycles. The maximum Gasteiger partial charge on any atom is 0.264 e. The first-order valence-corrected chi connectivity index (χ1v) is 15.9. The van der Waals surface area contributed by atoms with Crippen LogP contribution in [0.3, 0.4) is 0 Å². The van der Waals surface area contributed by atoms with Crippen molar-refractivity contribution in [1.82, 2.24) is 10.2 Å². The number of nitrogens with zero attached hydrogens (tertiary/aromatic N) is 2. The molecule has 7 nitrogen and oxygen atoms in total. The van der Waals surface area contributed by atoms with E-state index < -0.39 is 28.5 Å². The van der Waals surface area contributed by atoms with Crippen LogP contribution in [0.5, 0.6) is 0 Å². The fraction of sp³-hybridized carbons (Fsp3) is 0.310. The molecule has 0 unspecified atom stereocenters. The normalized spacial score (nSPS) is 12.9. The molecule has 2 amide bonds. The van der Waals surface area contributed by atoms with Gasteiger partial charge in [-0.2, -0.15) is 0 Å². The van der Waals surface area contributed by atoms with E-state index in [0.717, 1.165) is 4.31 Å². The van der Waals surface area contributed by atoms with Crippen molar-refractivity contribution in [3.05, 3.63) is 92.4 Å². The minimum atomic E-state index is -4.27. The van der Waals surface area contributed by atoms with Crippen LogP contribution in [0.2, 0.25) is 20.1 Å². The number of hydrogen-bond acceptors (Lipinski definition) is 4. The van der Waals surface area contributed by atoms with Gasteiger partial charge in [0.15, 0.2) is 0 Å². The molecule has 220 valence electrons. The van der Waals surface area contributed by atoms with Gasteiger partial charge < -0.3 is 10.2 Å². The summed E-state index contributed by atoms with van der Waals surface area (Å²) in [4.78, 5) is 28.8.